The Hall–Kier alpha value is -2.84. The molecule has 0 aliphatic carbocycles. The molecule has 0 bridgehead atoms. The van der Waals surface area contributed by atoms with Gasteiger partial charge in [-0.1, -0.05) is 12.1 Å². The maximum Gasteiger partial charge on any atom is 0.435 e. The lowest BCUT2D eigenvalue weighted by Crippen LogP contribution is -2.18. The van der Waals surface area contributed by atoms with E-state index >= 15 is 0 Å². The number of para-hydroxylation sites is 2. The number of carbonyl (C=O) groups is 1. The molecule has 0 fully saturated rings. The number of hydrogen-bond acceptors (Lipinski definition) is 3. The van der Waals surface area contributed by atoms with E-state index in [1.54, 1.807) is 23.7 Å². The van der Waals surface area contributed by atoms with Crippen LogP contribution >= 0.6 is 0 Å². The predicted octanol–water partition coefficient (Wildman–Crippen LogP) is 2.58. The first-order valence-electron chi connectivity index (χ1n) is 6.61. The number of benzene rings is 1. The smallest absolute Gasteiger partial charge is 0.313 e. The Morgan fingerprint density at radius 1 is 1.22 bits per heavy atom. The Bertz CT molecular complexity index is 894. The number of imidazole rings is 1. The molecular weight excluding hydrogens is 311 g/mol. The summed E-state index contributed by atoms with van der Waals surface area (Å²) < 4.78 is 40.5. The summed E-state index contributed by atoms with van der Waals surface area (Å²) in [6.07, 6.45) is -4.60. The number of amides is 1. The van der Waals surface area contributed by atoms with Gasteiger partial charge in [-0.2, -0.15) is 18.3 Å². The molecule has 2 heterocycles. The second-order valence-electron chi connectivity index (χ2n) is 4.97. The Kier molecular flexibility index (Phi) is 3.35. The first-order chi connectivity index (χ1) is 10.8. The predicted molar refractivity (Wildman–Crippen MR) is 76.9 cm³/mol. The van der Waals surface area contributed by atoms with E-state index in [1.807, 2.05) is 12.1 Å². The highest BCUT2D eigenvalue weighted by Crippen LogP contribution is 2.28. The number of carbonyl (C=O) groups excluding carboxylic acids is 1. The Labute approximate surface area is 128 Å². The van der Waals surface area contributed by atoms with Crippen molar-refractivity contribution in [2.75, 3.05) is 5.32 Å². The lowest BCUT2D eigenvalue weighted by atomic mass is 10.3. The van der Waals surface area contributed by atoms with Gasteiger partial charge in [-0.05, 0) is 12.1 Å². The van der Waals surface area contributed by atoms with Crippen molar-refractivity contribution in [3.63, 3.8) is 0 Å². The first-order valence-corrected chi connectivity index (χ1v) is 6.61. The minimum Gasteiger partial charge on any atom is -0.313 e. The van der Waals surface area contributed by atoms with Gasteiger partial charge in [0.05, 0.1) is 11.0 Å². The molecule has 1 N–H and O–H groups in total. The largest absolute Gasteiger partial charge is 0.435 e. The van der Waals surface area contributed by atoms with Crippen LogP contribution in [0.4, 0.5) is 19.1 Å². The fourth-order valence-electron chi connectivity index (χ4n) is 2.24. The van der Waals surface area contributed by atoms with E-state index in [0.29, 0.717) is 11.6 Å². The van der Waals surface area contributed by atoms with Crippen LogP contribution in [-0.4, -0.2) is 25.2 Å². The maximum atomic E-state index is 12.7. The normalized spacial score (nSPS) is 11.9. The van der Waals surface area contributed by atoms with E-state index < -0.39 is 17.8 Å². The van der Waals surface area contributed by atoms with E-state index in [1.165, 1.54) is 7.05 Å². The van der Waals surface area contributed by atoms with Gasteiger partial charge in [0.25, 0.3) is 5.91 Å². The van der Waals surface area contributed by atoms with E-state index in [0.717, 1.165) is 10.2 Å². The van der Waals surface area contributed by atoms with Crippen LogP contribution in [0.15, 0.2) is 30.3 Å². The zero-order chi connectivity index (χ0) is 16.8. The molecule has 0 aliphatic rings. The molecule has 6 nitrogen and oxygen atoms in total. The average molecular weight is 323 g/mol. The SMILES string of the molecule is Cn1nc(C(F)(F)F)cc1C(=O)Nc1nc2ccccc2n1C. The number of aryl methyl sites for hydroxylation is 2. The average Bonchev–Trinajstić information content (AvgIpc) is 3.01. The van der Waals surface area contributed by atoms with Gasteiger partial charge in [-0.25, -0.2) is 4.98 Å². The summed E-state index contributed by atoms with van der Waals surface area (Å²) >= 11 is 0. The number of alkyl halides is 3. The van der Waals surface area contributed by atoms with E-state index in [9.17, 15) is 18.0 Å². The summed E-state index contributed by atoms with van der Waals surface area (Å²) in [5.41, 5.74) is 0.148. The highest BCUT2D eigenvalue weighted by molar-refractivity contribution is 6.03. The molecule has 3 aromatic rings. The summed E-state index contributed by atoms with van der Waals surface area (Å²) in [6, 6.07) is 7.93. The second kappa shape index (κ2) is 5.11. The molecule has 9 heteroatoms. The summed E-state index contributed by atoms with van der Waals surface area (Å²) in [5, 5.41) is 5.82. The van der Waals surface area contributed by atoms with Crippen LogP contribution in [0.1, 0.15) is 16.2 Å². The molecule has 0 saturated carbocycles. The fraction of sp³-hybridized carbons (Fsp3) is 0.214. The Balaban J connectivity index is 1.92. The van der Waals surface area contributed by atoms with Crippen LogP contribution in [0.2, 0.25) is 0 Å². The number of anilines is 1. The first kappa shape index (κ1) is 15.1. The van der Waals surface area contributed by atoms with Gasteiger partial charge in [-0.3, -0.25) is 14.8 Å². The minimum absolute atomic E-state index is 0.204. The van der Waals surface area contributed by atoms with E-state index in [2.05, 4.69) is 15.4 Å². The standard InChI is InChI=1S/C14H12F3N5O/c1-21-9-6-4-3-5-8(9)18-13(21)19-12(23)10-7-11(14(15,16)17)20-22(10)2/h3-7H,1-2H3,(H,18,19,23). The highest BCUT2D eigenvalue weighted by atomic mass is 19.4. The zero-order valence-corrected chi connectivity index (χ0v) is 12.2. The van der Waals surface area contributed by atoms with E-state index in [4.69, 9.17) is 0 Å². The summed E-state index contributed by atoms with van der Waals surface area (Å²) in [5.74, 6) is -0.472. The van der Waals surface area contributed by atoms with Gasteiger partial charge in [0.1, 0.15) is 5.69 Å². The number of rotatable bonds is 2. The van der Waals surface area contributed by atoms with Gasteiger partial charge < -0.3 is 4.57 Å². The van der Waals surface area contributed by atoms with Crippen LogP contribution in [0, 0.1) is 0 Å². The number of fused-ring (bicyclic) bond motifs is 1. The van der Waals surface area contributed by atoms with Crippen molar-refractivity contribution in [2.45, 2.75) is 6.18 Å². The third-order valence-corrected chi connectivity index (χ3v) is 3.42. The van der Waals surface area contributed by atoms with Crippen LogP contribution in [0.3, 0.4) is 0 Å². The molecule has 3 rings (SSSR count). The topological polar surface area (TPSA) is 64.7 Å². The Morgan fingerprint density at radius 3 is 2.52 bits per heavy atom. The second-order valence-corrected chi connectivity index (χ2v) is 4.97. The van der Waals surface area contributed by atoms with Crippen molar-refractivity contribution < 1.29 is 18.0 Å². The lowest BCUT2D eigenvalue weighted by Gasteiger charge is -2.05. The summed E-state index contributed by atoms with van der Waals surface area (Å²) in [7, 11) is 2.98. The third-order valence-electron chi connectivity index (χ3n) is 3.42. The van der Waals surface area contributed by atoms with Crippen molar-refractivity contribution in [3.05, 3.63) is 41.7 Å². The quantitative estimate of drug-likeness (QED) is 0.788. The maximum absolute atomic E-state index is 12.7. The molecule has 1 amide bonds. The molecule has 0 aliphatic heterocycles. The van der Waals surface area contributed by atoms with Crippen LogP contribution in [0.5, 0.6) is 0 Å². The highest BCUT2D eigenvalue weighted by Gasteiger charge is 2.35. The molecule has 2 aromatic heterocycles. The molecule has 0 unspecified atom stereocenters. The van der Waals surface area contributed by atoms with Gasteiger partial charge in [0, 0.05) is 20.2 Å². The number of nitrogens with zero attached hydrogens (tertiary/aromatic N) is 4. The summed E-state index contributed by atoms with van der Waals surface area (Å²) in [4.78, 5) is 16.5. The molecule has 0 radical (unpaired) electrons. The third kappa shape index (κ3) is 2.65. The number of nitrogens with one attached hydrogen (secondary N) is 1. The summed E-state index contributed by atoms with van der Waals surface area (Å²) in [6.45, 7) is 0. The minimum atomic E-state index is -4.60. The molecule has 0 spiro atoms. The van der Waals surface area contributed by atoms with Crippen LogP contribution in [-0.2, 0) is 20.3 Å². The zero-order valence-electron chi connectivity index (χ0n) is 12.2. The van der Waals surface area contributed by atoms with E-state index in [-0.39, 0.29) is 11.6 Å². The molecule has 1 aromatic carbocycles. The van der Waals surface area contributed by atoms with Gasteiger partial charge >= 0.3 is 6.18 Å². The number of hydrogen-bond donors (Lipinski definition) is 1. The van der Waals surface area contributed by atoms with Crippen molar-refractivity contribution in [3.8, 4) is 0 Å². The fourth-order valence-corrected chi connectivity index (χ4v) is 2.24. The van der Waals surface area contributed by atoms with Crippen molar-refractivity contribution in [1.82, 2.24) is 19.3 Å². The monoisotopic (exact) mass is 323 g/mol. The molecular formula is C14H12F3N5O. The number of halogens is 3. The van der Waals surface area contributed by atoms with Gasteiger partial charge in [-0.15, -0.1) is 0 Å². The molecule has 0 atom stereocenters. The molecule has 23 heavy (non-hydrogen) atoms. The number of aromatic nitrogens is 4. The van der Waals surface area contributed by atoms with Crippen LogP contribution < -0.4 is 5.32 Å². The Morgan fingerprint density at radius 2 is 1.91 bits per heavy atom. The molecule has 0 saturated heterocycles. The van der Waals surface area contributed by atoms with Crippen molar-refractivity contribution in [2.24, 2.45) is 14.1 Å². The van der Waals surface area contributed by atoms with Crippen molar-refractivity contribution >= 4 is 22.9 Å². The molecule has 120 valence electrons. The van der Waals surface area contributed by atoms with Gasteiger partial charge in [0.15, 0.2) is 5.69 Å². The van der Waals surface area contributed by atoms with Gasteiger partial charge in [0.2, 0.25) is 5.95 Å². The van der Waals surface area contributed by atoms with Crippen molar-refractivity contribution in [1.29, 1.82) is 0 Å². The lowest BCUT2D eigenvalue weighted by molar-refractivity contribution is -0.141. The van der Waals surface area contributed by atoms with Crippen LogP contribution in [0.25, 0.3) is 11.0 Å².